The van der Waals surface area contributed by atoms with E-state index in [-0.39, 0.29) is 23.7 Å². The number of pyridine rings is 1. The van der Waals surface area contributed by atoms with E-state index < -0.39 is 17.9 Å². The first-order chi connectivity index (χ1) is 18.8. The summed E-state index contributed by atoms with van der Waals surface area (Å²) in [5, 5.41) is 15.1. The number of hydrogen-bond donors (Lipinski definition) is 2. The first kappa shape index (κ1) is 26.1. The van der Waals surface area contributed by atoms with Crippen LogP contribution in [0.2, 0.25) is 0 Å². The number of aromatic nitrogens is 3. The van der Waals surface area contributed by atoms with Crippen molar-refractivity contribution in [3.63, 3.8) is 0 Å². The Labute approximate surface area is 232 Å². The molecule has 1 aliphatic carbocycles. The molecule has 0 saturated carbocycles. The average molecular weight is 585 g/mol. The minimum absolute atomic E-state index is 0.0193. The summed E-state index contributed by atoms with van der Waals surface area (Å²) >= 11 is 3.47. The maximum Gasteiger partial charge on any atom is 0.270 e. The zero-order valence-corrected chi connectivity index (χ0v) is 22.4. The molecule has 2 amide bonds. The lowest BCUT2D eigenvalue weighted by Crippen LogP contribution is -2.32. The maximum absolute atomic E-state index is 13.5. The summed E-state index contributed by atoms with van der Waals surface area (Å²) in [5.74, 6) is -1.31. The van der Waals surface area contributed by atoms with Crippen molar-refractivity contribution in [1.29, 1.82) is 5.26 Å². The fourth-order valence-corrected chi connectivity index (χ4v) is 4.97. The third-order valence-corrected chi connectivity index (χ3v) is 7.01. The Hall–Kier alpha value is -4.49. The minimum Gasteiger partial charge on any atom is -0.347 e. The van der Waals surface area contributed by atoms with Crippen molar-refractivity contribution in [2.45, 2.75) is 32.4 Å². The van der Waals surface area contributed by atoms with E-state index >= 15 is 0 Å². The van der Waals surface area contributed by atoms with E-state index in [9.17, 15) is 19.2 Å². The largest absolute Gasteiger partial charge is 0.347 e. The van der Waals surface area contributed by atoms with E-state index in [1.807, 2.05) is 18.2 Å². The van der Waals surface area contributed by atoms with Gasteiger partial charge in [-0.15, -0.1) is 0 Å². The van der Waals surface area contributed by atoms with E-state index in [4.69, 9.17) is 0 Å². The van der Waals surface area contributed by atoms with Crippen LogP contribution in [0.1, 0.15) is 66.1 Å². The van der Waals surface area contributed by atoms with Crippen LogP contribution in [0, 0.1) is 24.1 Å². The van der Waals surface area contributed by atoms with Crippen LogP contribution in [0.15, 0.2) is 65.5 Å². The van der Waals surface area contributed by atoms with Gasteiger partial charge in [-0.3, -0.25) is 14.6 Å². The summed E-state index contributed by atoms with van der Waals surface area (Å²) < 4.78 is 14.4. The molecule has 1 atom stereocenters. The normalized spacial score (nSPS) is 13.8. The summed E-state index contributed by atoms with van der Waals surface area (Å²) in [5.41, 5.74) is 5.28. The maximum atomic E-state index is 13.5. The number of hydrogen-bond acceptors (Lipinski definition) is 6. The predicted octanol–water partition coefficient (Wildman–Crippen LogP) is 4.50. The minimum atomic E-state index is -0.584. The molecule has 39 heavy (non-hydrogen) atoms. The van der Waals surface area contributed by atoms with Crippen LogP contribution in [0.25, 0.3) is 0 Å². The molecule has 5 rings (SSSR count). The molecule has 0 saturated heterocycles. The van der Waals surface area contributed by atoms with Crippen molar-refractivity contribution in [1.82, 2.24) is 25.6 Å². The first-order valence-corrected chi connectivity index (χ1v) is 12.9. The molecule has 0 unspecified atom stereocenters. The number of nitrogens with zero attached hydrogens (tertiary/aromatic N) is 4. The van der Waals surface area contributed by atoms with Gasteiger partial charge in [0.15, 0.2) is 0 Å². The van der Waals surface area contributed by atoms with Crippen LogP contribution in [0.5, 0.6) is 0 Å². The van der Waals surface area contributed by atoms with Crippen LogP contribution in [-0.4, -0.2) is 26.8 Å². The van der Waals surface area contributed by atoms with Crippen molar-refractivity contribution in [2.75, 3.05) is 0 Å². The Morgan fingerprint density at radius 1 is 1.03 bits per heavy atom. The molecule has 2 heterocycles. The molecule has 2 N–H and O–H groups in total. The van der Waals surface area contributed by atoms with E-state index in [1.54, 1.807) is 31.3 Å². The molecule has 0 aliphatic heterocycles. The van der Waals surface area contributed by atoms with Gasteiger partial charge in [0.25, 0.3) is 11.8 Å². The topological polar surface area (TPSA) is 121 Å². The molecule has 1 aliphatic rings. The molecule has 4 aromatic rings. The van der Waals surface area contributed by atoms with Crippen LogP contribution in [0.3, 0.4) is 0 Å². The zero-order valence-electron chi connectivity index (χ0n) is 20.8. The number of rotatable bonds is 5. The molecule has 10 heteroatoms. The average Bonchev–Trinajstić information content (AvgIpc) is 3.09. The molecule has 194 valence electrons. The van der Waals surface area contributed by atoms with Gasteiger partial charge in [-0.25, -0.2) is 14.4 Å². The standard InChI is InChI=1S/C29H22BrFN6O2/c1-16-8-18(3-7-23(16)31)13-34-28(38)24-11-25(36-15-35-24)29(39)37-27-22-6-2-17(12-32)9-19(22)4-5-20-10-21(30)14-33-26(20)27/h2-3,6-11,14-15,27H,4-5,13H2,1H3,(H,34,38)(H,37,39)/t27-/m1/s1. The Balaban J connectivity index is 1.39. The van der Waals surface area contributed by atoms with Gasteiger partial charge < -0.3 is 10.6 Å². The van der Waals surface area contributed by atoms with Crippen molar-refractivity contribution < 1.29 is 14.0 Å². The first-order valence-electron chi connectivity index (χ1n) is 12.2. The lowest BCUT2D eigenvalue weighted by molar-refractivity contribution is 0.0937. The summed E-state index contributed by atoms with van der Waals surface area (Å²) in [6.45, 7) is 1.82. The quantitative estimate of drug-likeness (QED) is 0.356. The smallest absolute Gasteiger partial charge is 0.270 e. The fraction of sp³-hybridized carbons (Fsp3) is 0.172. The Bertz CT molecular complexity index is 1650. The second-order valence-corrected chi connectivity index (χ2v) is 10.1. The second-order valence-electron chi connectivity index (χ2n) is 9.18. The Morgan fingerprint density at radius 3 is 2.56 bits per heavy atom. The number of benzene rings is 2. The zero-order chi connectivity index (χ0) is 27.5. The summed E-state index contributed by atoms with van der Waals surface area (Å²) in [6, 6.07) is 14.9. The van der Waals surface area contributed by atoms with Crippen LogP contribution < -0.4 is 10.6 Å². The lowest BCUT2D eigenvalue weighted by Gasteiger charge is -2.21. The van der Waals surface area contributed by atoms with E-state index in [0.29, 0.717) is 29.7 Å². The summed E-state index contributed by atoms with van der Waals surface area (Å²) in [6.07, 6.45) is 4.23. The van der Waals surface area contributed by atoms with E-state index in [2.05, 4.69) is 47.6 Å². The molecule has 0 radical (unpaired) electrons. The molecule has 0 spiro atoms. The van der Waals surface area contributed by atoms with E-state index in [1.165, 1.54) is 12.1 Å². The van der Waals surface area contributed by atoms with Gasteiger partial charge in [0.1, 0.15) is 23.5 Å². The van der Waals surface area contributed by atoms with Crippen molar-refractivity contribution >= 4 is 27.7 Å². The lowest BCUT2D eigenvalue weighted by atomic mass is 9.96. The number of nitriles is 1. The van der Waals surface area contributed by atoms with Gasteiger partial charge in [-0.05, 0) is 87.8 Å². The molecular formula is C29H22BrFN6O2. The highest BCUT2D eigenvalue weighted by atomic mass is 79.9. The predicted molar refractivity (Wildman–Crippen MR) is 144 cm³/mol. The molecule has 2 aromatic carbocycles. The van der Waals surface area contributed by atoms with Crippen molar-refractivity contribution in [2.24, 2.45) is 0 Å². The second kappa shape index (κ2) is 11.1. The third-order valence-electron chi connectivity index (χ3n) is 6.57. The van der Waals surface area contributed by atoms with Gasteiger partial charge in [-0.1, -0.05) is 18.2 Å². The number of nitrogens with one attached hydrogen (secondary N) is 2. The van der Waals surface area contributed by atoms with Crippen LogP contribution in [-0.2, 0) is 19.4 Å². The summed E-state index contributed by atoms with van der Waals surface area (Å²) in [4.78, 5) is 38.9. The number of aryl methyl sites for hydroxylation is 3. The highest BCUT2D eigenvalue weighted by molar-refractivity contribution is 9.10. The van der Waals surface area contributed by atoms with Gasteiger partial charge in [0.2, 0.25) is 0 Å². The third kappa shape index (κ3) is 5.68. The molecule has 2 aromatic heterocycles. The summed E-state index contributed by atoms with van der Waals surface area (Å²) in [7, 11) is 0. The molecular weight excluding hydrogens is 563 g/mol. The number of carbonyl (C=O) groups excluding carboxylic acids is 2. The van der Waals surface area contributed by atoms with Crippen LogP contribution in [0.4, 0.5) is 4.39 Å². The number of amides is 2. The van der Waals surface area contributed by atoms with Crippen LogP contribution >= 0.6 is 15.9 Å². The number of carbonyl (C=O) groups is 2. The fourth-order valence-electron chi connectivity index (χ4n) is 4.59. The van der Waals surface area contributed by atoms with Gasteiger partial charge in [-0.2, -0.15) is 5.26 Å². The SMILES string of the molecule is Cc1cc(CNC(=O)c2cc(C(=O)N[C@@H]3c4ccc(C#N)cc4CCc4cc(Br)cnc43)ncn2)ccc1F. The van der Waals surface area contributed by atoms with Gasteiger partial charge in [0, 0.05) is 23.3 Å². The monoisotopic (exact) mass is 584 g/mol. The Kier molecular flexibility index (Phi) is 7.43. The number of halogens is 2. The highest BCUT2D eigenvalue weighted by Crippen LogP contribution is 2.33. The van der Waals surface area contributed by atoms with E-state index in [0.717, 1.165) is 33.1 Å². The van der Waals surface area contributed by atoms with Gasteiger partial charge in [0.05, 0.1) is 23.4 Å². The number of fused-ring (bicyclic) bond motifs is 2. The van der Waals surface area contributed by atoms with Crippen molar-refractivity contribution in [3.8, 4) is 6.07 Å². The Morgan fingerprint density at radius 2 is 1.79 bits per heavy atom. The molecule has 8 nitrogen and oxygen atoms in total. The molecule has 0 fully saturated rings. The van der Waals surface area contributed by atoms with Crippen molar-refractivity contribution in [3.05, 3.63) is 122 Å². The van der Waals surface area contributed by atoms with Gasteiger partial charge >= 0.3 is 0 Å². The highest BCUT2D eigenvalue weighted by Gasteiger charge is 2.28. The molecule has 0 bridgehead atoms.